The lowest BCUT2D eigenvalue weighted by molar-refractivity contribution is -0.0400. The molecule has 19 heavy (non-hydrogen) atoms. The van der Waals surface area contributed by atoms with Crippen molar-refractivity contribution in [3.05, 3.63) is 35.6 Å². The van der Waals surface area contributed by atoms with Crippen molar-refractivity contribution in [3.8, 4) is 0 Å². The van der Waals surface area contributed by atoms with Gasteiger partial charge in [-0.15, -0.1) is 0 Å². The lowest BCUT2D eigenvalue weighted by Gasteiger charge is -2.35. The van der Waals surface area contributed by atoms with E-state index in [0.29, 0.717) is 6.42 Å². The molecule has 0 saturated carbocycles. The quantitative estimate of drug-likeness (QED) is 0.883. The highest BCUT2D eigenvalue weighted by Crippen LogP contribution is 2.13. The van der Waals surface area contributed by atoms with Crippen LogP contribution in [0.1, 0.15) is 18.9 Å². The van der Waals surface area contributed by atoms with Crippen molar-refractivity contribution >= 4 is 0 Å². The maximum Gasteiger partial charge on any atom is 0.123 e. The fourth-order valence-corrected chi connectivity index (χ4v) is 2.58. The third-order valence-corrected chi connectivity index (χ3v) is 3.56. The van der Waals surface area contributed by atoms with E-state index >= 15 is 0 Å². The number of halogens is 1. The molecule has 2 unspecified atom stereocenters. The second-order valence-corrected chi connectivity index (χ2v) is 5.21. The fraction of sp³-hybridized carbons (Fsp3) is 0.600. The average molecular weight is 266 g/mol. The van der Waals surface area contributed by atoms with Crippen LogP contribution in [0.25, 0.3) is 0 Å². The van der Waals surface area contributed by atoms with E-state index in [1.165, 1.54) is 6.07 Å². The Morgan fingerprint density at radius 1 is 1.53 bits per heavy atom. The number of rotatable bonds is 5. The largest absolute Gasteiger partial charge is 0.374 e. The van der Waals surface area contributed by atoms with Crippen molar-refractivity contribution in [2.45, 2.75) is 31.9 Å². The molecular formula is C15H23FN2O. The highest BCUT2D eigenvalue weighted by molar-refractivity contribution is 5.17. The van der Waals surface area contributed by atoms with E-state index in [2.05, 4.69) is 11.8 Å². The van der Waals surface area contributed by atoms with Crippen LogP contribution in [-0.4, -0.2) is 43.3 Å². The van der Waals surface area contributed by atoms with E-state index in [4.69, 9.17) is 10.5 Å². The third kappa shape index (κ3) is 4.27. The van der Waals surface area contributed by atoms with Gasteiger partial charge in [-0.1, -0.05) is 19.1 Å². The summed E-state index contributed by atoms with van der Waals surface area (Å²) in [7, 11) is 0. The van der Waals surface area contributed by atoms with Gasteiger partial charge >= 0.3 is 0 Å². The van der Waals surface area contributed by atoms with Gasteiger partial charge in [0, 0.05) is 19.1 Å². The Bertz CT molecular complexity index is 397. The van der Waals surface area contributed by atoms with Gasteiger partial charge in [0.2, 0.25) is 0 Å². The van der Waals surface area contributed by atoms with Crippen LogP contribution in [0.15, 0.2) is 24.3 Å². The number of benzene rings is 1. The molecule has 0 radical (unpaired) electrons. The first-order valence-electron chi connectivity index (χ1n) is 7.03. The van der Waals surface area contributed by atoms with E-state index in [-0.39, 0.29) is 18.0 Å². The Morgan fingerprint density at radius 3 is 3.11 bits per heavy atom. The maximum absolute atomic E-state index is 13.1. The second-order valence-electron chi connectivity index (χ2n) is 5.21. The lowest BCUT2D eigenvalue weighted by atomic mass is 10.0. The number of ether oxygens (including phenoxy) is 1. The Labute approximate surface area is 114 Å². The molecule has 1 saturated heterocycles. The van der Waals surface area contributed by atoms with Gasteiger partial charge in [0.25, 0.3) is 0 Å². The summed E-state index contributed by atoms with van der Waals surface area (Å²) < 4.78 is 18.9. The van der Waals surface area contributed by atoms with Gasteiger partial charge in [-0.05, 0) is 37.1 Å². The zero-order valence-electron chi connectivity index (χ0n) is 11.5. The summed E-state index contributed by atoms with van der Waals surface area (Å²) >= 11 is 0. The molecule has 0 amide bonds. The Hall–Kier alpha value is -0.970. The van der Waals surface area contributed by atoms with Crippen molar-refractivity contribution in [1.82, 2.24) is 4.90 Å². The first-order valence-corrected chi connectivity index (χ1v) is 7.03. The van der Waals surface area contributed by atoms with Crippen LogP contribution in [0.3, 0.4) is 0 Å². The summed E-state index contributed by atoms with van der Waals surface area (Å²) in [6.07, 6.45) is 1.84. The standard InChI is InChI=1S/C15H23FN2O/c1-2-6-18-7-8-19-15(11-18)14(17)10-12-4-3-5-13(16)9-12/h3-5,9,14-15H,2,6-8,10-11,17H2,1H3. The molecule has 3 nitrogen and oxygen atoms in total. The summed E-state index contributed by atoms with van der Waals surface area (Å²) in [4.78, 5) is 2.39. The Balaban J connectivity index is 1.90. The van der Waals surface area contributed by atoms with Gasteiger partial charge < -0.3 is 10.5 Å². The number of hydrogen-bond donors (Lipinski definition) is 1. The predicted molar refractivity (Wildman–Crippen MR) is 74.6 cm³/mol. The SMILES string of the molecule is CCCN1CCOC(C(N)Cc2cccc(F)c2)C1. The number of nitrogens with zero attached hydrogens (tertiary/aromatic N) is 1. The molecule has 0 aliphatic carbocycles. The van der Waals surface area contributed by atoms with Crippen LogP contribution < -0.4 is 5.73 Å². The minimum Gasteiger partial charge on any atom is -0.374 e. The normalized spacial score (nSPS) is 22.4. The molecule has 1 aliphatic rings. The molecule has 106 valence electrons. The molecule has 2 rings (SSSR count). The summed E-state index contributed by atoms with van der Waals surface area (Å²) in [6.45, 7) is 5.87. The maximum atomic E-state index is 13.1. The average Bonchev–Trinajstić information content (AvgIpc) is 2.39. The van der Waals surface area contributed by atoms with Gasteiger partial charge in [-0.25, -0.2) is 4.39 Å². The minimum absolute atomic E-state index is 0.0450. The van der Waals surface area contributed by atoms with Crippen LogP contribution in [0.5, 0.6) is 0 Å². The van der Waals surface area contributed by atoms with E-state index < -0.39 is 0 Å². The molecule has 1 aliphatic heterocycles. The third-order valence-electron chi connectivity index (χ3n) is 3.56. The van der Waals surface area contributed by atoms with E-state index in [0.717, 1.165) is 38.2 Å². The van der Waals surface area contributed by atoms with Crippen molar-refractivity contribution < 1.29 is 9.13 Å². The summed E-state index contributed by atoms with van der Waals surface area (Å²) in [5, 5.41) is 0. The van der Waals surface area contributed by atoms with E-state index in [1.807, 2.05) is 6.07 Å². The summed E-state index contributed by atoms with van der Waals surface area (Å²) in [5.74, 6) is -0.207. The second kappa shape index (κ2) is 6.98. The molecule has 1 aromatic carbocycles. The van der Waals surface area contributed by atoms with Crippen molar-refractivity contribution in [2.75, 3.05) is 26.2 Å². The minimum atomic E-state index is -0.207. The van der Waals surface area contributed by atoms with E-state index in [1.54, 1.807) is 12.1 Å². The van der Waals surface area contributed by atoms with Gasteiger partial charge in [-0.2, -0.15) is 0 Å². The van der Waals surface area contributed by atoms with Gasteiger partial charge in [0.05, 0.1) is 12.7 Å². The van der Waals surface area contributed by atoms with Crippen LogP contribution in [-0.2, 0) is 11.2 Å². The molecule has 2 N–H and O–H groups in total. The summed E-state index contributed by atoms with van der Waals surface area (Å²) in [6, 6.07) is 6.56. The zero-order chi connectivity index (χ0) is 13.7. The lowest BCUT2D eigenvalue weighted by Crippen LogP contribution is -2.51. The van der Waals surface area contributed by atoms with E-state index in [9.17, 15) is 4.39 Å². The topological polar surface area (TPSA) is 38.5 Å². The highest BCUT2D eigenvalue weighted by Gasteiger charge is 2.25. The van der Waals surface area contributed by atoms with Crippen molar-refractivity contribution in [3.63, 3.8) is 0 Å². The van der Waals surface area contributed by atoms with Crippen LogP contribution in [0.2, 0.25) is 0 Å². The zero-order valence-corrected chi connectivity index (χ0v) is 11.5. The van der Waals surface area contributed by atoms with Gasteiger partial charge in [-0.3, -0.25) is 4.90 Å². The van der Waals surface area contributed by atoms with Crippen LogP contribution in [0, 0.1) is 5.82 Å². The van der Waals surface area contributed by atoms with Crippen LogP contribution >= 0.6 is 0 Å². The molecule has 0 aromatic heterocycles. The fourth-order valence-electron chi connectivity index (χ4n) is 2.58. The number of nitrogens with two attached hydrogens (primary N) is 1. The monoisotopic (exact) mass is 266 g/mol. The molecule has 0 bridgehead atoms. The van der Waals surface area contributed by atoms with Crippen LogP contribution in [0.4, 0.5) is 4.39 Å². The smallest absolute Gasteiger partial charge is 0.123 e. The number of hydrogen-bond acceptors (Lipinski definition) is 3. The molecule has 1 aromatic rings. The predicted octanol–water partition coefficient (Wildman–Crippen LogP) is 1.81. The molecule has 4 heteroatoms. The first kappa shape index (κ1) is 14.4. The van der Waals surface area contributed by atoms with Gasteiger partial charge in [0.15, 0.2) is 0 Å². The summed E-state index contributed by atoms with van der Waals surface area (Å²) in [5.41, 5.74) is 7.15. The molecule has 1 heterocycles. The van der Waals surface area contributed by atoms with Gasteiger partial charge in [0.1, 0.15) is 5.82 Å². The molecule has 1 fully saturated rings. The molecule has 2 atom stereocenters. The number of morpholine rings is 1. The first-order chi connectivity index (χ1) is 9.19. The molecule has 0 spiro atoms. The molecular weight excluding hydrogens is 243 g/mol. The van der Waals surface area contributed by atoms with Crippen molar-refractivity contribution in [1.29, 1.82) is 0 Å². The Morgan fingerprint density at radius 2 is 2.37 bits per heavy atom. The Kier molecular flexibility index (Phi) is 5.31. The van der Waals surface area contributed by atoms with Crippen molar-refractivity contribution in [2.24, 2.45) is 5.73 Å². The highest BCUT2D eigenvalue weighted by atomic mass is 19.1.